The van der Waals surface area contributed by atoms with E-state index in [1.54, 1.807) is 0 Å². The number of rotatable bonds is 3. The second-order valence-corrected chi connectivity index (χ2v) is 6.21. The molecule has 2 fully saturated rings. The average molecular weight is 269 g/mol. The zero-order valence-electron chi connectivity index (χ0n) is 12.3. The normalized spacial score (nSPS) is 25.1. The number of hydrogen-bond donors (Lipinski definition) is 0. The molecule has 1 heterocycles. The fourth-order valence-corrected chi connectivity index (χ4v) is 3.32. The second-order valence-electron chi connectivity index (χ2n) is 6.21. The standard InChI is InChI=1S/C17H23N3/c1-14-12-20(17-6-3-7-17)9-8-19(14)13-16-5-2-4-15(10-16)11-18/h2,4-5,10,14,17H,3,6-9,12-13H2,1H3/t14-/m1/s1. The molecule has 106 valence electrons. The maximum atomic E-state index is 8.98. The summed E-state index contributed by atoms with van der Waals surface area (Å²) in [6.07, 6.45) is 4.22. The molecule has 2 aliphatic rings. The number of benzene rings is 1. The lowest BCUT2D eigenvalue weighted by Crippen LogP contribution is -2.55. The van der Waals surface area contributed by atoms with Gasteiger partial charge in [0.25, 0.3) is 0 Å². The minimum atomic E-state index is 0.607. The topological polar surface area (TPSA) is 30.3 Å². The highest BCUT2D eigenvalue weighted by atomic mass is 15.3. The smallest absolute Gasteiger partial charge is 0.0991 e. The summed E-state index contributed by atoms with van der Waals surface area (Å²) in [6.45, 7) is 6.85. The highest BCUT2D eigenvalue weighted by Gasteiger charge is 2.31. The molecule has 0 bridgehead atoms. The monoisotopic (exact) mass is 269 g/mol. The van der Waals surface area contributed by atoms with Crippen LogP contribution >= 0.6 is 0 Å². The van der Waals surface area contributed by atoms with Crippen LogP contribution in [0.4, 0.5) is 0 Å². The summed E-state index contributed by atoms with van der Waals surface area (Å²) >= 11 is 0. The SMILES string of the molecule is C[C@@H]1CN(C2CCC2)CCN1Cc1cccc(C#N)c1. The highest BCUT2D eigenvalue weighted by Crippen LogP contribution is 2.27. The van der Waals surface area contributed by atoms with E-state index in [9.17, 15) is 0 Å². The fourth-order valence-electron chi connectivity index (χ4n) is 3.32. The van der Waals surface area contributed by atoms with Crippen molar-refractivity contribution in [2.24, 2.45) is 0 Å². The van der Waals surface area contributed by atoms with Crippen LogP contribution in [0.3, 0.4) is 0 Å². The molecule has 1 aliphatic carbocycles. The molecular weight excluding hydrogens is 246 g/mol. The van der Waals surface area contributed by atoms with E-state index in [1.807, 2.05) is 18.2 Å². The Bertz CT molecular complexity index is 501. The number of piperazine rings is 1. The van der Waals surface area contributed by atoms with Gasteiger partial charge in [-0.05, 0) is 37.5 Å². The molecule has 1 aromatic rings. The van der Waals surface area contributed by atoms with Gasteiger partial charge in [-0.25, -0.2) is 0 Å². The van der Waals surface area contributed by atoms with Gasteiger partial charge >= 0.3 is 0 Å². The molecule has 0 unspecified atom stereocenters. The summed E-state index contributed by atoms with van der Waals surface area (Å²) in [5, 5.41) is 8.98. The number of nitriles is 1. The first kappa shape index (κ1) is 13.6. The van der Waals surface area contributed by atoms with Gasteiger partial charge in [-0.2, -0.15) is 5.26 Å². The second kappa shape index (κ2) is 5.95. The molecule has 0 radical (unpaired) electrons. The molecule has 3 rings (SSSR count). The Hall–Kier alpha value is -1.37. The third-order valence-electron chi connectivity index (χ3n) is 4.83. The van der Waals surface area contributed by atoms with Crippen molar-refractivity contribution < 1.29 is 0 Å². The van der Waals surface area contributed by atoms with E-state index < -0.39 is 0 Å². The zero-order valence-corrected chi connectivity index (χ0v) is 12.3. The molecule has 3 nitrogen and oxygen atoms in total. The van der Waals surface area contributed by atoms with E-state index in [0.29, 0.717) is 6.04 Å². The molecule has 0 amide bonds. The van der Waals surface area contributed by atoms with Gasteiger partial charge < -0.3 is 0 Å². The van der Waals surface area contributed by atoms with Crippen LogP contribution in [0.5, 0.6) is 0 Å². The molecular formula is C17H23N3. The Morgan fingerprint density at radius 2 is 2.15 bits per heavy atom. The van der Waals surface area contributed by atoms with E-state index >= 15 is 0 Å². The van der Waals surface area contributed by atoms with Gasteiger partial charge in [0.2, 0.25) is 0 Å². The Balaban J connectivity index is 1.59. The summed E-state index contributed by atoms with van der Waals surface area (Å²) in [7, 11) is 0. The van der Waals surface area contributed by atoms with Gasteiger partial charge in [-0.1, -0.05) is 18.6 Å². The lowest BCUT2D eigenvalue weighted by atomic mass is 9.90. The third-order valence-corrected chi connectivity index (χ3v) is 4.83. The Morgan fingerprint density at radius 3 is 2.80 bits per heavy atom. The fraction of sp³-hybridized carbons (Fsp3) is 0.588. The lowest BCUT2D eigenvalue weighted by molar-refractivity contribution is 0.0261. The van der Waals surface area contributed by atoms with Crippen molar-refractivity contribution in [1.29, 1.82) is 5.26 Å². The van der Waals surface area contributed by atoms with Gasteiger partial charge in [-0.3, -0.25) is 9.80 Å². The summed E-state index contributed by atoms with van der Waals surface area (Å²) in [6, 6.07) is 11.7. The van der Waals surface area contributed by atoms with Gasteiger partial charge in [0.15, 0.2) is 0 Å². The molecule has 0 aromatic heterocycles. The van der Waals surface area contributed by atoms with E-state index in [-0.39, 0.29) is 0 Å². The van der Waals surface area contributed by atoms with Crippen LogP contribution in [0.1, 0.15) is 37.3 Å². The Kier molecular flexibility index (Phi) is 4.05. The molecule has 1 atom stereocenters. The molecule has 1 aliphatic heterocycles. The summed E-state index contributed by atoms with van der Waals surface area (Å²) in [5.41, 5.74) is 2.02. The van der Waals surface area contributed by atoms with Crippen LogP contribution in [-0.4, -0.2) is 41.5 Å². The Morgan fingerprint density at radius 1 is 1.30 bits per heavy atom. The summed E-state index contributed by atoms with van der Waals surface area (Å²) < 4.78 is 0. The molecule has 3 heteroatoms. The Labute approximate surface area is 121 Å². The molecule has 1 saturated heterocycles. The zero-order chi connectivity index (χ0) is 13.9. The van der Waals surface area contributed by atoms with Crippen LogP contribution < -0.4 is 0 Å². The highest BCUT2D eigenvalue weighted by molar-refractivity contribution is 5.32. The van der Waals surface area contributed by atoms with Gasteiger partial charge in [0.05, 0.1) is 11.6 Å². The minimum absolute atomic E-state index is 0.607. The van der Waals surface area contributed by atoms with Crippen LogP contribution in [0, 0.1) is 11.3 Å². The van der Waals surface area contributed by atoms with E-state index in [1.165, 1.54) is 37.9 Å². The average Bonchev–Trinajstić information content (AvgIpc) is 2.40. The number of nitrogens with zero attached hydrogens (tertiary/aromatic N) is 3. The van der Waals surface area contributed by atoms with Crippen molar-refractivity contribution in [2.45, 2.75) is 44.8 Å². The van der Waals surface area contributed by atoms with Crippen LogP contribution in [-0.2, 0) is 6.54 Å². The van der Waals surface area contributed by atoms with Crippen molar-refractivity contribution in [2.75, 3.05) is 19.6 Å². The predicted octanol–water partition coefficient (Wildman–Crippen LogP) is 2.62. The van der Waals surface area contributed by atoms with E-state index in [0.717, 1.165) is 24.7 Å². The van der Waals surface area contributed by atoms with E-state index in [4.69, 9.17) is 5.26 Å². The van der Waals surface area contributed by atoms with Gasteiger partial charge in [-0.15, -0.1) is 0 Å². The van der Waals surface area contributed by atoms with E-state index in [2.05, 4.69) is 28.9 Å². The summed E-state index contributed by atoms with van der Waals surface area (Å²) in [4.78, 5) is 5.22. The predicted molar refractivity (Wildman–Crippen MR) is 80.2 cm³/mol. The van der Waals surface area contributed by atoms with Crippen molar-refractivity contribution in [3.8, 4) is 6.07 Å². The van der Waals surface area contributed by atoms with Crippen LogP contribution in [0.25, 0.3) is 0 Å². The summed E-state index contributed by atoms with van der Waals surface area (Å²) in [5.74, 6) is 0. The van der Waals surface area contributed by atoms with Crippen LogP contribution in [0.2, 0.25) is 0 Å². The van der Waals surface area contributed by atoms with Crippen molar-refractivity contribution in [3.05, 3.63) is 35.4 Å². The maximum absolute atomic E-state index is 8.98. The van der Waals surface area contributed by atoms with Crippen molar-refractivity contribution in [1.82, 2.24) is 9.80 Å². The first-order valence-electron chi connectivity index (χ1n) is 7.73. The molecule has 0 N–H and O–H groups in total. The first-order valence-corrected chi connectivity index (χ1v) is 7.73. The van der Waals surface area contributed by atoms with Crippen molar-refractivity contribution in [3.63, 3.8) is 0 Å². The minimum Gasteiger partial charge on any atom is -0.298 e. The van der Waals surface area contributed by atoms with Gasteiger partial charge in [0, 0.05) is 38.3 Å². The molecule has 0 spiro atoms. The lowest BCUT2D eigenvalue weighted by Gasteiger charge is -2.46. The molecule has 1 saturated carbocycles. The largest absolute Gasteiger partial charge is 0.298 e. The van der Waals surface area contributed by atoms with Crippen molar-refractivity contribution >= 4 is 0 Å². The van der Waals surface area contributed by atoms with Crippen LogP contribution in [0.15, 0.2) is 24.3 Å². The number of hydrogen-bond acceptors (Lipinski definition) is 3. The maximum Gasteiger partial charge on any atom is 0.0991 e. The third kappa shape index (κ3) is 2.87. The first-order chi connectivity index (χ1) is 9.76. The molecule has 20 heavy (non-hydrogen) atoms. The van der Waals surface area contributed by atoms with Gasteiger partial charge in [0.1, 0.15) is 0 Å². The quantitative estimate of drug-likeness (QED) is 0.845. The molecule has 1 aromatic carbocycles.